The van der Waals surface area contributed by atoms with Crippen molar-refractivity contribution in [2.45, 2.75) is 13.3 Å². The summed E-state index contributed by atoms with van der Waals surface area (Å²) in [6, 6.07) is 10.4. The maximum Gasteiger partial charge on any atom is 0.159 e. The Bertz CT molecular complexity index is 717. The number of hydrogen-bond acceptors (Lipinski definition) is 4. The first kappa shape index (κ1) is 13.6. The fourth-order valence-corrected chi connectivity index (χ4v) is 2.38. The van der Waals surface area contributed by atoms with Crippen molar-refractivity contribution in [2.75, 3.05) is 18.0 Å². The second-order valence-corrected chi connectivity index (χ2v) is 5.04. The molecule has 21 heavy (non-hydrogen) atoms. The Labute approximate surface area is 124 Å². The Morgan fingerprint density at radius 3 is 2.71 bits per heavy atom. The molecule has 3 aromatic rings. The molecule has 1 aromatic carbocycles. The zero-order chi connectivity index (χ0) is 14.7. The van der Waals surface area contributed by atoms with E-state index in [1.807, 2.05) is 16.8 Å². The molecule has 0 amide bonds. The number of nitrogens with two attached hydrogens (primary N) is 1. The van der Waals surface area contributed by atoms with E-state index < -0.39 is 0 Å². The largest absolute Gasteiger partial charge is 0.330 e. The molecule has 0 fully saturated rings. The average Bonchev–Trinajstić information content (AvgIpc) is 2.98. The number of fused-ring (bicyclic) bond motifs is 1. The summed E-state index contributed by atoms with van der Waals surface area (Å²) in [5, 5.41) is 4.28. The number of rotatable bonds is 5. The molecule has 0 spiro atoms. The Morgan fingerprint density at radius 1 is 1.14 bits per heavy atom. The molecule has 2 N–H and O–H groups in total. The predicted octanol–water partition coefficient (Wildman–Crippen LogP) is 2.52. The zero-order valence-electron chi connectivity index (χ0n) is 12.1. The quantitative estimate of drug-likeness (QED) is 0.780. The van der Waals surface area contributed by atoms with Crippen molar-refractivity contribution in [1.82, 2.24) is 14.6 Å². The van der Waals surface area contributed by atoms with Crippen LogP contribution in [-0.4, -0.2) is 27.7 Å². The molecule has 0 bridgehead atoms. The van der Waals surface area contributed by atoms with E-state index in [1.54, 1.807) is 12.4 Å². The normalized spacial score (nSPS) is 11.0. The van der Waals surface area contributed by atoms with Crippen LogP contribution < -0.4 is 10.6 Å². The highest BCUT2D eigenvalue weighted by Gasteiger charge is 2.14. The number of anilines is 2. The van der Waals surface area contributed by atoms with E-state index in [1.165, 1.54) is 5.56 Å². The summed E-state index contributed by atoms with van der Waals surface area (Å²) in [6.07, 6.45) is 6.33. The minimum atomic E-state index is 0.657. The Kier molecular flexibility index (Phi) is 3.83. The molecule has 2 aromatic heterocycles. The van der Waals surface area contributed by atoms with Gasteiger partial charge >= 0.3 is 0 Å². The van der Waals surface area contributed by atoms with Gasteiger partial charge in [-0.25, -0.2) is 9.50 Å². The van der Waals surface area contributed by atoms with E-state index in [0.717, 1.165) is 30.0 Å². The molecule has 0 saturated heterocycles. The number of nitrogens with zero attached hydrogens (tertiary/aromatic N) is 4. The minimum Gasteiger partial charge on any atom is -0.330 e. The van der Waals surface area contributed by atoms with E-state index in [2.05, 4.69) is 46.2 Å². The zero-order valence-corrected chi connectivity index (χ0v) is 12.1. The third-order valence-electron chi connectivity index (χ3n) is 3.49. The third kappa shape index (κ3) is 2.73. The van der Waals surface area contributed by atoms with Gasteiger partial charge in [0, 0.05) is 24.6 Å². The van der Waals surface area contributed by atoms with Crippen LogP contribution in [-0.2, 0) is 0 Å². The van der Waals surface area contributed by atoms with Crippen LogP contribution in [0.5, 0.6) is 0 Å². The molecule has 5 heteroatoms. The van der Waals surface area contributed by atoms with Gasteiger partial charge in [0.1, 0.15) is 5.52 Å². The molecule has 0 radical (unpaired) electrons. The molecule has 0 saturated carbocycles. The first-order valence-corrected chi connectivity index (χ1v) is 7.12. The monoisotopic (exact) mass is 281 g/mol. The molecule has 3 rings (SSSR count). The lowest BCUT2D eigenvalue weighted by atomic mass is 10.2. The van der Waals surface area contributed by atoms with Crippen molar-refractivity contribution >= 4 is 17.0 Å². The van der Waals surface area contributed by atoms with Crippen LogP contribution in [0.2, 0.25) is 0 Å². The maximum atomic E-state index is 5.69. The molecule has 5 nitrogen and oxygen atoms in total. The van der Waals surface area contributed by atoms with Gasteiger partial charge in [-0.3, -0.25) is 0 Å². The molecular formula is C16H19N5. The number of hydrogen-bond donors (Lipinski definition) is 1. The van der Waals surface area contributed by atoms with Gasteiger partial charge in [-0.05, 0) is 38.1 Å². The predicted molar refractivity (Wildman–Crippen MR) is 84.8 cm³/mol. The van der Waals surface area contributed by atoms with Crippen molar-refractivity contribution < 1.29 is 0 Å². The van der Waals surface area contributed by atoms with Gasteiger partial charge in [-0.1, -0.05) is 17.7 Å². The fraction of sp³-hybridized carbons (Fsp3) is 0.250. The number of benzene rings is 1. The standard InChI is InChI=1S/C16H19N5/c1-13-3-5-14(6-4-13)20(11-2-8-17)16-15-7-9-19-21(15)12-10-18-16/h3-7,9-10,12H,2,8,11,17H2,1H3. The second-order valence-electron chi connectivity index (χ2n) is 5.04. The van der Waals surface area contributed by atoms with Gasteiger partial charge in [-0.15, -0.1) is 0 Å². The smallest absolute Gasteiger partial charge is 0.159 e. The van der Waals surface area contributed by atoms with Gasteiger partial charge in [0.2, 0.25) is 0 Å². The highest BCUT2D eigenvalue weighted by molar-refractivity contribution is 5.74. The van der Waals surface area contributed by atoms with Crippen LogP contribution in [0.4, 0.5) is 11.5 Å². The third-order valence-corrected chi connectivity index (χ3v) is 3.49. The summed E-state index contributed by atoms with van der Waals surface area (Å²) in [5.41, 5.74) is 9.05. The summed E-state index contributed by atoms with van der Waals surface area (Å²) in [4.78, 5) is 6.75. The Hall–Kier alpha value is -2.40. The topological polar surface area (TPSA) is 59.5 Å². The fourth-order valence-electron chi connectivity index (χ4n) is 2.38. The van der Waals surface area contributed by atoms with E-state index in [-0.39, 0.29) is 0 Å². The highest BCUT2D eigenvalue weighted by atomic mass is 15.3. The first-order chi connectivity index (χ1) is 10.3. The SMILES string of the molecule is Cc1ccc(N(CCCN)c2nccn3nccc23)cc1. The van der Waals surface area contributed by atoms with Gasteiger partial charge in [-0.2, -0.15) is 5.10 Å². The molecule has 0 unspecified atom stereocenters. The van der Waals surface area contributed by atoms with Crippen LogP contribution in [0.15, 0.2) is 48.9 Å². The van der Waals surface area contributed by atoms with Crippen molar-refractivity contribution in [3.05, 3.63) is 54.5 Å². The molecule has 0 aliphatic carbocycles. The van der Waals surface area contributed by atoms with Crippen LogP contribution >= 0.6 is 0 Å². The van der Waals surface area contributed by atoms with Crippen molar-refractivity contribution in [3.63, 3.8) is 0 Å². The summed E-state index contributed by atoms with van der Waals surface area (Å²) >= 11 is 0. The van der Waals surface area contributed by atoms with Crippen molar-refractivity contribution in [3.8, 4) is 0 Å². The lowest BCUT2D eigenvalue weighted by Gasteiger charge is -2.24. The second kappa shape index (κ2) is 5.93. The van der Waals surface area contributed by atoms with Crippen LogP contribution in [0.25, 0.3) is 5.52 Å². The van der Waals surface area contributed by atoms with Crippen LogP contribution in [0, 0.1) is 6.92 Å². The molecule has 2 heterocycles. The average molecular weight is 281 g/mol. The van der Waals surface area contributed by atoms with Crippen LogP contribution in [0.1, 0.15) is 12.0 Å². The molecule has 0 aliphatic heterocycles. The summed E-state index contributed by atoms with van der Waals surface area (Å²) in [5.74, 6) is 0.910. The molecule has 108 valence electrons. The van der Waals surface area contributed by atoms with Gasteiger partial charge < -0.3 is 10.6 Å². The Morgan fingerprint density at radius 2 is 1.95 bits per heavy atom. The van der Waals surface area contributed by atoms with E-state index in [0.29, 0.717) is 6.54 Å². The van der Waals surface area contributed by atoms with Crippen molar-refractivity contribution in [1.29, 1.82) is 0 Å². The summed E-state index contributed by atoms with van der Waals surface area (Å²) < 4.78 is 1.84. The van der Waals surface area contributed by atoms with Gasteiger partial charge in [0.25, 0.3) is 0 Å². The maximum absolute atomic E-state index is 5.69. The van der Waals surface area contributed by atoms with E-state index in [9.17, 15) is 0 Å². The highest BCUT2D eigenvalue weighted by Crippen LogP contribution is 2.27. The molecule has 0 aliphatic rings. The molecule has 0 atom stereocenters. The Balaban J connectivity index is 2.06. The first-order valence-electron chi connectivity index (χ1n) is 7.12. The summed E-state index contributed by atoms with van der Waals surface area (Å²) in [7, 11) is 0. The lowest BCUT2D eigenvalue weighted by molar-refractivity contribution is 0.807. The van der Waals surface area contributed by atoms with Crippen LogP contribution in [0.3, 0.4) is 0 Å². The van der Waals surface area contributed by atoms with E-state index >= 15 is 0 Å². The van der Waals surface area contributed by atoms with Gasteiger partial charge in [0.05, 0.1) is 6.20 Å². The molecular weight excluding hydrogens is 262 g/mol. The van der Waals surface area contributed by atoms with Crippen molar-refractivity contribution in [2.24, 2.45) is 5.73 Å². The number of aromatic nitrogens is 3. The van der Waals surface area contributed by atoms with E-state index in [4.69, 9.17) is 5.73 Å². The summed E-state index contributed by atoms with van der Waals surface area (Å²) in [6.45, 7) is 3.58. The minimum absolute atomic E-state index is 0.657. The lowest BCUT2D eigenvalue weighted by Crippen LogP contribution is -2.22. The van der Waals surface area contributed by atoms with Gasteiger partial charge in [0.15, 0.2) is 5.82 Å². The number of aryl methyl sites for hydroxylation is 1.